The van der Waals surface area contributed by atoms with E-state index in [0.717, 1.165) is 51.4 Å². The molecule has 1 heterocycles. The molecule has 0 radical (unpaired) electrons. The predicted octanol–water partition coefficient (Wildman–Crippen LogP) is 4.62. The van der Waals surface area contributed by atoms with Gasteiger partial charge in [-0.25, -0.2) is 4.79 Å². The standard InChI is InChI=1S/C42H73N5O10/c1-31(45-33(3)49)37(50)29-44-34(38(51)30-47-28-20-22-36(47)32(2)48)21-18-19-27-43-39(52)26-25-35(42(56)57)46-40(53)23-16-14-12-10-8-6-4-5-7-9-11-13-15-17-24-41(54)55/h31,34-36,44H,4-30H2,1-3H3,(H,43,52)(H,45,49)(H,46,53)(H,54,55)(H,56,57)/t31-,34-,35-,36-/m0/s1. The number of unbranched alkanes of at least 4 members (excludes halogenated alkanes) is 14. The molecule has 1 fully saturated rings. The fraction of sp³-hybridized carbons (Fsp3) is 0.810. The van der Waals surface area contributed by atoms with E-state index in [0.29, 0.717) is 45.2 Å². The molecule has 0 aromatic rings. The highest BCUT2D eigenvalue weighted by Crippen LogP contribution is 2.19. The minimum Gasteiger partial charge on any atom is -0.481 e. The van der Waals surface area contributed by atoms with Gasteiger partial charge in [-0.3, -0.25) is 38.5 Å². The van der Waals surface area contributed by atoms with Crippen LogP contribution in [0.2, 0.25) is 0 Å². The van der Waals surface area contributed by atoms with Gasteiger partial charge in [-0.15, -0.1) is 0 Å². The summed E-state index contributed by atoms with van der Waals surface area (Å²) in [5, 5.41) is 29.2. The number of hydrogen-bond acceptors (Lipinski definition) is 10. The first-order valence-corrected chi connectivity index (χ1v) is 21.5. The van der Waals surface area contributed by atoms with Gasteiger partial charge < -0.3 is 31.5 Å². The number of nitrogens with zero attached hydrogens (tertiary/aromatic N) is 1. The van der Waals surface area contributed by atoms with Gasteiger partial charge in [0.25, 0.3) is 0 Å². The fourth-order valence-electron chi connectivity index (χ4n) is 7.20. The van der Waals surface area contributed by atoms with Gasteiger partial charge in [0, 0.05) is 32.7 Å². The fourth-order valence-corrected chi connectivity index (χ4v) is 7.20. The van der Waals surface area contributed by atoms with Crippen LogP contribution in [0.25, 0.3) is 0 Å². The zero-order valence-electron chi connectivity index (χ0n) is 35.0. The first-order chi connectivity index (χ1) is 27.2. The third-order valence-corrected chi connectivity index (χ3v) is 10.6. The first-order valence-electron chi connectivity index (χ1n) is 21.5. The number of hydrogen-bond donors (Lipinski definition) is 6. The molecule has 1 rings (SSSR count). The van der Waals surface area contributed by atoms with E-state index in [1.165, 1.54) is 52.4 Å². The lowest BCUT2D eigenvalue weighted by atomic mass is 10.0. The Balaban J connectivity index is 2.29. The van der Waals surface area contributed by atoms with E-state index in [1.807, 2.05) is 4.90 Å². The Labute approximate surface area is 340 Å². The molecule has 0 spiro atoms. The van der Waals surface area contributed by atoms with Crippen LogP contribution in [0.1, 0.15) is 168 Å². The summed E-state index contributed by atoms with van der Waals surface area (Å²) in [6.45, 7) is 5.34. The van der Waals surface area contributed by atoms with E-state index in [2.05, 4.69) is 21.3 Å². The molecule has 4 atom stereocenters. The number of ketones is 3. The van der Waals surface area contributed by atoms with Crippen molar-refractivity contribution in [1.29, 1.82) is 0 Å². The van der Waals surface area contributed by atoms with Crippen molar-refractivity contribution < 1.29 is 48.6 Å². The minimum atomic E-state index is -1.19. The molecule has 0 unspecified atom stereocenters. The van der Waals surface area contributed by atoms with E-state index in [9.17, 15) is 43.5 Å². The summed E-state index contributed by atoms with van der Waals surface area (Å²) in [6, 6.07) is -2.82. The highest BCUT2D eigenvalue weighted by Gasteiger charge is 2.31. The molecule has 15 nitrogen and oxygen atoms in total. The maximum absolute atomic E-state index is 13.3. The second-order valence-corrected chi connectivity index (χ2v) is 15.7. The summed E-state index contributed by atoms with van der Waals surface area (Å²) >= 11 is 0. The molecule has 0 aromatic heterocycles. The van der Waals surface area contributed by atoms with Crippen molar-refractivity contribution in [3.05, 3.63) is 0 Å². The van der Waals surface area contributed by atoms with Crippen LogP contribution < -0.4 is 21.3 Å². The lowest BCUT2D eigenvalue weighted by Crippen LogP contribution is -2.49. The number of rotatable bonds is 36. The van der Waals surface area contributed by atoms with Crippen LogP contribution in [0.3, 0.4) is 0 Å². The third-order valence-electron chi connectivity index (χ3n) is 10.6. The largest absolute Gasteiger partial charge is 0.481 e. The molecule has 0 saturated carbocycles. The summed E-state index contributed by atoms with van der Waals surface area (Å²) < 4.78 is 0. The number of carboxylic acids is 2. The SMILES string of the molecule is CC(=O)N[C@@H](C)C(=O)CN[C@@H](CCCCNC(=O)CC[C@H](NC(=O)CCCCCCCCCCCCCCCCC(=O)O)C(=O)O)C(=O)CN1CCC[C@H]1C(C)=O. The number of amides is 3. The lowest BCUT2D eigenvalue weighted by Gasteiger charge is -2.25. The van der Waals surface area contributed by atoms with Gasteiger partial charge in [0.15, 0.2) is 11.6 Å². The van der Waals surface area contributed by atoms with E-state index in [1.54, 1.807) is 6.92 Å². The molecule has 326 valence electrons. The van der Waals surface area contributed by atoms with Crippen LogP contribution in [0.4, 0.5) is 0 Å². The Morgan fingerprint density at radius 2 is 1.19 bits per heavy atom. The monoisotopic (exact) mass is 808 g/mol. The summed E-state index contributed by atoms with van der Waals surface area (Å²) in [6.07, 6.45) is 18.4. The van der Waals surface area contributed by atoms with E-state index in [-0.39, 0.29) is 79.9 Å². The summed E-state index contributed by atoms with van der Waals surface area (Å²) in [7, 11) is 0. The highest BCUT2D eigenvalue weighted by atomic mass is 16.4. The molecule has 15 heteroatoms. The number of carbonyl (C=O) groups is 8. The molecule has 6 N–H and O–H groups in total. The van der Waals surface area contributed by atoms with Crippen LogP contribution in [0, 0.1) is 0 Å². The normalized spacial score (nSPS) is 15.7. The molecule has 0 aliphatic carbocycles. The van der Waals surface area contributed by atoms with Gasteiger partial charge >= 0.3 is 11.9 Å². The number of carbonyl (C=O) groups excluding carboxylic acids is 6. The molecule has 1 saturated heterocycles. The van der Waals surface area contributed by atoms with Crippen LogP contribution in [-0.4, -0.2) is 112 Å². The van der Waals surface area contributed by atoms with Crippen LogP contribution >= 0.6 is 0 Å². The first kappa shape index (κ1) is 51.3. The lowest BCUT2D eigenvalue weighted by molar-refractivity contribution is -0.142. The van der Waals surface area contributed by atoms with Crippen molar-refractivity contribution in [2.45, 2.75) is 193 Å². The van der Waals surface area contributed by atoms with E-state index >= 15 is 0 Å². The molecule has 0 bridgehead atoms. The van der Waals surface area contributed by atoms with Crippen molar-refractivity contribution in [2.75, 3.05) is 26.2 Å². The van der Waals surface area contributed by atoms with Crippen LogP contribution in [0.5, 0.6) is 0 Å². The highest BCUT2D eigenvalue weighted by molar-refractivity contribution is 5.91. The van der Waals surface area contributed by atoms with Crippen LogP contribution in [0.15, 0.2) is 0 Å². The topological polar surface area (TPSA) is 228 Å². The molecule has 1 aliphatic heterocycles. The van der Waals surface area contributed by atoms with Crippen molar-refractivity contribution in [3.63, 3.8) is 0 Å². The number of nitrogens with one attached hydrogen (secondary N) is 4. The maximum Gasteiger partial charge on any atom is 0.326 e. The van der Waals surface area contributed by atoms with E-state index in [4.69, 9.17) is 5.11 Å². The number of Topliss-reactive ketones (excluding diaryl/α,β-unsaturated/α-hetero) is 3. The second kappa shape index (κ2) is 31.3. The van der Waals surface area contributed by atoms with Gasteiger partial charge in [-0.05, 0) is 71.8 Å². The minimum absolute atomic E-state index is 0.0177. The van der Waals surface area contributed by atoms with Gasteiger partial charge in [0.05, 0.1) is 31.2 Å². The molecule has 1 aliphatic rings. The average molecular weight is 808 g/mol. The number of likely N-dealkylation sites (tertiary alicyclic amines) is 1. The third kappa shape index (κ3) is 26.0. The Bertz CT molecular complexity index is 1260. The summed E-state index contributed by atoms with van der Waals surface area (Å²) in [4.78, 5) is 98.4. The Kier molecular flexibility index (Phi) is 28.2. The Hall–Kier alpha value is -3.72. The van der Waals surface area contributed by atoms with E-state index < -0.39 is 30.1 Å². The second-order valence-electron chi connectivity index (χ2n) is 15.7. The number of aliphatic carboxylic acids is 2. The van der Waals surface area contributed by atoms with Gasteiger partial charge in [0.1, 0.15) is 11.8 Å². The van der Waals surface area contributed by atoms with Crippen LogP contribution in [-0.2, 0) is 38.4 Å². The van der Waals surface area contributed by atoms with Gasteiger partial charge in [-0.1, -0.05) is 77.0 Å². The van der Waals surface area contributed by atoms with Crippen molar-refractivity contribution >= 4 is 47.0 Å². The number of carboxylic acid groups (broad SMARTS) is 2. The average Bonchev–Trinajstić information content (AvgIpc) is 3.61. The Morgan fingerprint density at radius 3 is 1.72 bits per heavy atom. The summed E-state index contributed by atoms with van der Waals surface area (Å²) in [5.74, 6) is -3.31. The zero-order valence-corrected chi connectivity index (χ0v) is 35.0. The van der Waals surface area contributed by atoms with Crippen molar-refractivity contribution in [2.24, 2.45) is 0 Å². The maximum atomic E-state index is 13.3. The molecule has 57 heavy (non-hydrogen) atoms. The molecule has 3 amide bonds. The molecule has 0 aromatic carbocycles. The summed E-state index contributed by atoms with van der Waals surface area (Å²) in [5.41, 5.74) is 0. The van der Waals surface area contributed by atoms with Gasteiger partial charge in [0.2, 0.25) is 17.7 Å². The van der Waals surface area contributed by atoms with Gasteiger partial charge in [-0.2, -0.15) is 0 Å². The zero-order chi connectivity index (χ0) is 42.4. The Morgan fingerprint density at radius 1 is 0.632 bits per heavy atom. The molecular formula is C42H73N5O10. The quantitative estimate of drug-likeness (QED) is 0.0477. The van der Waals surface area contributed by atoms with Crippen molar-refractivity contribution in [1.82, 2.24) is 26.2 Å². The predicted molar refractivity (Wildman–Crippen MR) is 218 cm³/mol. The molecular weight excluding hydrogens is 734 g/mol. The van der Waals surface area contributed by atoms with Crippen molar-refractivity contribution in [3.8, 4) is 0 Å². The smallest absolute Gasteiger partial charge is 0.326 e.